The predicted molar refractivity (Wildman–Crippen MR) is 85.6 cm³/mol. The van der Waals surface area contributed by atoms with E-state index in [1.807, 2.05) is 18.2 Å². The number of aryl methyl sites for hydroxylation is 1. The molecule has 2 aromatic rings. The molecule has 1 saturated heterocycles. The highest BCUT2D eigenvalue weighted by Crippen LogP contribution is 2.24. The fourth-order valence-electron chi connectivity index (χ4n) is 2.56. The Morgan fingerprint density at radius 2 is 2.05 bits per heavy atom. The molecule has 1 unspecified atom stereocenters. The van der Waals surface area contributed by atoms with Crippen LogP contribution in [0.4, 0.5) is 0 Å². The van der Waals surface area contributed by atoms with Crippen LogP contribution in [0.1, 0.15) is 17.9 Å². The summed E-state index contributed by atoms with van der Waals surface area (Å²) in [5.74, 6) is 2.07. The van der Waals surface area contributed by atoms with Crippen LogP contribution in [0.5, 0.6) is 0 Å². The van der Waals surface area contributed by atoms with Crippen molar-refractivity contribution in [1.82, 2.24) is 10.2 Å². The van der Waals surface area contributed by atoms with Gasteiger partial charge in [-0.1, -0.05) is 42.1 Å². The summed E-state index contributed by atoms with van der Waals surface area (Å²) in [5, 5.41) is 8.61. The van der Waals surface area contributed by atoms with Crippen LogP contribution in [0.15, 0.2) is 40.0 Å². The lowest BCUT2D eigenvalue weighted by Gasteiger charge is -2.02. The molecule has 5 nitrogen and oxygen atoms in total. The summed E-state index contributed by atoms with van der Waals surface area (Å²) >= 11 is 1.54. The molecular formula is C15H18N2O3S2. The van der Waals surface area contributed by atoms with Gasteiger partial charge in [-0.05, 0) is 24.3 Å². The van der Waals surface area contributed by atoms with Gasteiger partial charge in [0.1, 0.15) is 0 Å². The Morgan fingerprint density at radius 1 is 1.23 bits per heavy atom. The van der Waals surface area contributed by atoms with E-state index in [4.69, 9.17) is 4.42 Å². The first-order valence-electron chi connectivity index (χ1n) is 7.30. The third kappa shape index (κ3) is 4.33. The van der Waals surface area contributed by atoms with Gasteiger partial charge < -0.3 is 4.42 Å². The van der Waals surface area contributed by atoms with Gasteiger partial charge in [-0.15, -0.1) is 10.2 Å². The van der Waals surface area contributed by atoms with Crippen LogP contribution < -0.4 is 0 Å². The molecular weight excluding hydrogens is 320 g/mol. The smallest absolute Gasteiger partial charge is 0.276 e. The highest BCUT2D eigenvalue weighted by atomic mass is 32.2. The number of sulfone groups is 1. The molecule has 0 radical (unpaired) electrons. The van der Waals surface area contributed by atoms with Crippen LogP contribution >= 0.6 is 11.8 Å². The summed E-state index contributed by atoms with van der Waals surface area (Å²) in [6.45, 7) is 0. The van der Waals surface area contributed by atoms with Gasteiger partial charge in [0.2, 0.25) is 5.89 Å². The van der Waals surface area contributed by atoms with Gasteiger partial charge in [-0.3, -0.25) is 0 Å². The maximum atomic E-state index is 11.4. The largest absolute Gasteiger partial charge is 0.416 e. The van der Waals surface area contributed by atoms with Crippen molar-refractivity contribution >= 4 is 21.6 Å². The van der Waals surface area contributed by atoms with Gasteiger partial charge in [-0.2, -0.15) is 0 Å². The van der Waals surface area contributed by atoms with Gasteiger partial charge in [0.25, 0.3) is 5.22 Å². The van der Waals surface area contributed by atoms with E-state index < -0.39 is 9.84 Å². The summed E-state index contributed by atoms with van der Waals surface area (Å²) in [6.07, 6.45) is 2.21. The van der Waals surface area contributed by atoms with E-state index in [1.54, 1.807) is 0 Å². The zero-order chi connectivity index (χ0) is 15.4. The molecule has 7 heteroatoms. The molecule has 1 aromatic carbocycles. The molecule has 22 heavy (non-hydrogen) atoms. The van der Waals surface area contributed by atoms with E-state index in [9.17, 15) is 8.42 Å². The fourth-order valence-corrected chi connectivity index (χ4v) is 5.19. The van der Waals surface area contributed by atoms with Crippen LogP contribution in [-0.4, -0.2) is 35.9 Å². The van der Waals surface area contributed by atoms with E-state index in [2.05, 4.69) is 22.3 Å². The molecule has 0 aliphatic carbocycles. The third-order valence-electron chi connectivity index (χ3n) is 3.70. The Bertz CT molecular complexity index is 713. The molecule has 118 valence electrons. The van der Waals surface area contributed by atoms with E-state index in [-0.39, 0.29) is 17.4 Å². The van der Waals surface area contributed by atoms with Crippen LogP contribution in [0.25, 0.3) is 0 Å². The summed E-state index contributed by atoms with van der Waals surface area (Å²) in [5.41, 5.74) is 1.28. The second-order valence-electron chi connectivity index (χ2n) is 5.52. The molecule has 0 N–H and O–H groups in total. The lowest BCUT2D eigenvalue weighted by atomic mass is 10.1. The average molecular weight is 338 g/mol. The Hall–Kier alpha value is -1.34. The van der Waals surface area contributed by atoms with Crippen molar-refractivity contribution in [3.63, 3.8) is 0 Å². The molecule has 3 rings (SSSR count). The minimum absolute atomic E-state index is 0.118. The fraction of sp³-hybridized carbons (Fsp3) is 0.467. The minimum Gasteiger partial charge on any atom is -0.416 e. The highest BCUT2D eigenvalue weighted by molar-refractivity contribution is 7.99. The lowest BCUT2D eigenvalue weighted by Crippen LogP contribution is -2.07. The maximum Gasteiger partial charge on any atom is 0.276 e. The second kappa shape index (κ2) is 6.83. The molecule has 0 amide bonds. The Balaban J connectivity index is 1.47. The monoisotopic (exact) mass is 338 g/mol. The van der Waals surface area contributed by atoms with Gasteiger partial charge in [-0.25, -0.2) is 8.42 Å². The average Bonchev–Trinajstić information content (AvgIpc) is 3.07. The summed E-state index contributed by atoms with van der Waals surface area (Å²) in [4.78, 5) is 0. The SMILES string of the molecule is O=S1(=O)CCC(Cc2nnc(SCCc3ccccc3)o2)C1. The maximum absolute atomic E-state index is 11.4. The van der Waals surface area contributed by atoms with Crippen LogP contribution in [-0.2, 0) is 22.7 Å². The molecule has 1 aliphatic rings. The van der Waals surface area contributed by atoms with Gasteiger partial charge in [0.15, 0.2) is 9.84 Å². The normalized spacial score (nSPS) is 20.3. The van der Waals surface area contributed by atoms with Crippen LogP contribution in [0.2, 0.25) is 0 Å². The molecule has 0 bridgehead atoms. The zero-order valence-electron chi connectivity index (χ0n) is 12.1. The Labute approximate surface area is 134 Å². The number of thioether (sulfide) groups is 1. The van der Waals surface area contributed by atoms with E-state index in [0.29, 0.717) is 24.0 Å². The van der Waals surface area contributed by atoms with Crippen molar-refractivity contribution in [2.24, 2.45) is 5.92 Å². The van der Waals surface area contributed by atoms with Crippen molar-refractivity contribution < 1.29 is 12.8 Å². The van der Waals surface area contributed by atoms with Crippen molar-refractivity contribution in [2.45, 2.75) is 24.5 Å². The van der Waals surface area contributed by atoms with Crippen LogP contribution in [0.3, 0.4) is 0 Å². The first-order valence-corrected chi connectivity index (χ1v) is 10.1. The number of hydrogen-bond donors (Lipinski definition) is 0. The minimum atomic E-state index is -2.85. The third-order valence-corrected chi connectivity index (χ3v) is 6.35. The molecule has 1 aromatic heterocycles. The van der Waals surface area contributed by atoms with Crippen molar-refractivity contribution in [3.05, 3.63) is 41.8 Å². The van der Waals surface area contributed by atoms with Crippen LogP contribution in [0, 0.1) is 5.92 Å². The number of nitrogens with zero attached hydrogens (tertiary/aromatic N) is 2. The lowest BCUT2D eigenvalue weighted by molar-refractivity contribution is 0.389. The Kier molecular flexibility index (Phi) is 4.83. The van der Waals surface area contributed by atoms with Crippen molar-refractivity contribution in [1.29, 1.82) is 0 Å². The van der Waals surface area contributed by atoms with Gasteiger partial charge in [0.05, 0.1) is 11.5 Å². The van der Waals surface area contributed by atoms with Crippen molar-refractivity contribution in [3.8, 4) is 0 Å². The number of hydrogen-bond acceptors (Lipinski definition) is 6. The first kappa shape index (κ1) is 15.6. The quantitative estimate of drug-likeness (QED) is 0.753. The molecule has 1 atom stereocenters. The second-order valence-corrected chi connectivity index (χ2v) is 8.79. The zero-order valence-corrected chi connectivity index (χ0v) is 13.8. The highest BCUT2D eigenvalue weighted by Gasteiger charge is 2.29. The van der Waals surface area contributed by atoms with E-state index in [1.165, 1.54) is 17.3 Å². The summed E-state index contributed by atoms with van der Waals surface area (Å²) < 4.78 is 28.5. The molecule has 1 fully saturated rings. The first-order chi connectivity index (χ1) is 10.6. The molecule has 0 saturated carbocycles. The topological polar surface area (TPSA) is 73.1 Å². The number of aromatic nitrogens is 2. The predicted octanol–water partition coefficient (Wildman–Crippen LogP) is 2.38. The van der Waals surface area contributed by atoms with Gasteiger partial charge in [0, 0.05) is 12.2 Å². The number of rotatable bonds is 6. The molecule has 0 spiro atoms. The van der Waals surface area contributed by atoms with E-state index >= 15 is 0 Å². The standard InChI is InChI=1S/C15H18N2O3S2/c18-22(19)9-7-13(11-22)10-14-16-17-15(20-14)21-8-6-12-4-2-1-3-5-12/h1-5,13H,6-11H2. The molecule has 2 heterocycles. The van der Waals surface area contributed by atoms with Crippen molar-refractivity contribution in [2.75, 3.05) is 17.3 Å². The van der Waals surface area contributed by atoms with Gasteiger partial charge >= 0.3 is 0 Å². The number of benzene rings is 1. The Morgan fingerprint density at radius 3 is 2.77 bits per heavy atom. The molecule has 1 aliphatic heterocycles. The summed E-state index contributed by atoms with van der Waals surface area (Å²) in [6, 6.07) is 10.3. The summed E-state index contributed by atoms with van der Waals surface area (Å²) in [7, 11) is -2.85. The van der Waals surface area contributed by atoms with E-state index in [0.717, 1.165) is 12.2 Å².